The number of nitrogens with two attached hydrogens (primary N) is 1. The van der Waals surface area contributed by atoms with Crippen LogP contribution in [0.2, 0.25) is 0 Å². The summed E-state index contributed by atoms with van der Waals surface area (Å²) in [5.41, 5.74) is 5.03. The lowest BCUT2D eigenvalue weighted by atomic mass is 10.1. The normalized spacial score (nSPS) is 12.0. The van der Waals surface area contributed by atoms with Gasteiger partial charge in [0.05, 0.1) is 25.4 Å². The first-order valence-electron chi connectivity index (χ1n) is 4.23. The van der Waals surface area contributed by atoms with Crippen molar-refractivity contribution in [2.45, 2.75) is 19.4 Å². The van der Waals surface area contributed by atoms with E-state index in [0.717, 1.165) is 0 Å². The van der Waals surface area contributed by atoms with Gasteiger partial charge in [0.25, 0.3) is 0 Å². The molecule has 12 heavy (non-hydrogen) atoms. The standard InChI is InChI=1S/C8H19NO3/c1-3-11-6-8(9,5-10)7-12-4-2/h10H,3-7,9H2,1-2H3. The summed E-state index contributed by atoms with van der Waals surface area (Å²) in [6, 6.07) is 0. The molecule has 0 amide bonds. The van der Waals surface area contributed by atoms with E-state index in [1.165, 1.54) is 0 Å². The van der Waals surface area contributed by atoms with Crippen molar-refractivity contribution in [2.75, 3.05) is 33.0 Å². The van der Waals surface area contributed by atoms with E-state index in [1.807, 2.05) is 13.8 Å². The van der Waals surface area contributed by atoms with Gasteiger partial charge in [0.1, 0.15) is 0 Å². The Kier molecular flexibility index (Phi) is 6.28. The van der Waals surface area contributed by atoms with Crippen LogP contribution in [0.4, 0.5) is 0 Å². The molecule has 0 aromatic rings. The Bertz CT molecular complexity index is 100. The van der Waals surface area contributed by atoms with Crippen molar-refractivity contribution in [1.82, 2.24) is 0 Å². The number of aliphatic hydroxyl groups excluding tert-OH is 1. The molecule has 0 aromatic heterocycles. The van der Waals surface area contributed by atoms with E-state index in [1.54, 1.807) is 0 Å². The third-order valence-electron chi connectivity index (χ3n) is 1.50. The topological polar surface area (TPSA) is 64.7 Å². The first-order chi connectivity index (χ1) is 5.68. The molecule has 0 bridgehead atoms. The summed E-state index contributed by atoms with van der Waals surface area (Å²) < 4.78 is 10.2. The summed E-state index contributed by atoms with van der Waals surface area (Å²) in [6.45, 7) is 5.53. The molecule has 0 spiro atoms. The summed E-state index contributed by atoms with van der Waals surface area (Å²) in [5.74, 6) is 0. The van der Waals surface area contributed by atoms with E-state index in [2.05, 4.69) is 0 Å². The third kappa shape index (κ3) is 4.66. The lowest BCUT2D eigenvalue weighted by molar-refractivity contribution is 0.00426. The van der Waals surface area contributed by atoms with E-state index in [9.17, 15) is 0 Å². The monoisotopic (exact) mass is 177 g/mol. The van der Waals surface area contributed by atoms with Gasteiger partial charge in [-0.3, -0.25) is 0 Å². The van der Waals surface area contributed by atoms with Gasteiger partial charge in [0, 0.05) is 13.2 Å². The van der Waals surface area contributed by atoms with Crippen LogP contribution in [0.15, 0.2) is 0 Å². The molecular formula is C8H19NO3. The van der Waals surface area contributed by atoms with Gasteiger partial charge < -0.3 is 20.3 Å². The Morgan fingerprint density at radius 1 is 1.17 bits per heavy atom. The van der Waals surface area contributed by atoms with Crippen LogP contribution in [0, 0.1) is 0 Å². The van der Waals surface area contributed by atoms with E-state index in [0.29, 0.717) is 26.4 Å². The molecule has 0 aliphatic heterocycles. The zero-order valence-electron chi connectivity index (χ0n) is 7.88. The summed E-state index contributed by atoms with van der Waals surface area (Å²) in [6.07, 6.45) is 0. The van der Waals surface area contributed by atoms with E-state index < -0.39 is 5.54 Å². The van der Waals surface area contributed by atoms with Gasteiger partial charge in [-0.25, -0.2) is 0 Å². The molecule has 0 rings (SSSR count). The fourth-order valence-electron chi connectivity index (χ4n) is 0.744. The minimum Gasteiger partial charge on any atom is -0.394 e. The number of hydrogen-bond donors (Lipinski definition) is 2. The fourth-order valence-corrected chi connectivity index (χ4v) is 0.744. The largest absolute Gasteiger partial charge is 0.394 e. The lowest BCUT2D eigenvalue weighted by Crippen LogP contribution is -2.52. The average Bonchev–Trinajstić information content (AvgIpc) is 2.11. The lowest BCUT2D eigenvalue weighted by Gasteiger charge is -2.26. The minimum atomic E-state index is -0.744. The van der Waals surface area contributed by atoms with Crippen molar-refractivity contribution in [3.05, 3.63) is 0 Å². The molecule has 0 radical (unpaired) electrons. The molecular weight excluding hydrogens is 158 g/mol. The van der Waals surface area contributed by atoms with Crippen LogP contribution < -0.4 is 5.73 Å². The molecule has 3 N–H and O–H groups in total. The second-order valence-electron chi connectivity index (χ2n) is 2.79. The first kappa shape index (κ1) is 11.8. The molecule has 0 unspecified atom stereocenters. The highest BCUT2D eigenvalue weighted by atomic mass is 16.5. The van der Waals surface area contributed by atoms with Crippen LogP contribution in [0.5, 0.6) is 0 Å². The maximum Gasteiger partial charge on any atom is 0.0862 e. The third-order valence-corrected chi connectivity index (χ3v) is 1.50. The predicted molar refractivity (Wildman–Crippen MR) is 47.0 cm³/mol. The van der Waals surface area contributed by atoms with E-state index in [-0.39, 0.29) is 6.61 Å². The molecule has 0 aromatic carbocycles. The van der Waals surface area contributed by atoms with Gasteiger partial charge in [0.2, 0.25) is 0 Å². The zero-order chi connectivity index (χ0) is 9.45. The smallest absolute Gasteiger partial charge is 0.0862 e. The Balaban J connectivity index is 3.70. The highest BCUT2D eigenvalue weighted by Crippen LogP contribution is 2.01. The quantitative estimate of drug-likeness (QED) is 0.563. The van der Waals surface area contributed by atoms with Crippen LogP contribution in [0.1, 0.15) is 13.8 Å². The number of rotatable bonds is 7. The Morgan fingerprint density at radius 3 is 1.83 bits per heavy atom. The van der Waals surface area contributed by atoms with Crippen molar-refractivity contribution in [3.8, 4) is 0 Å². The SMILES string of the molecule is CCOCC(N)(CO)COCC. The summed E-state index contributed by atoms with van der Waals surface area (Å²) in [7, 11) is 0. The second-order valence-corrected chi connectivity index (χ2v) is 2.79. The van der Waals surface area contributed by atoms with Gasteiger partial charge >= 0.3 is 0 Å². The Morgan fingerprint density at radius 2 is 1.58 bits per heavy atom. The maximum atomic E-state index is 8.95. The molecule has 74 valence electrons. The first-order valence-corrected chi connectivity index (χ1v) is 4.23. The van der Waals surface area contributed by atoms with Crippen molar-refractivity contribution in [3.63, 3.8) is 0 Å². The van der Waals surface area contributed by atoms with E-state index in [4.69, 9.17) is 20.3 Å². The van der Waals surface area contributed by atoms with Crippen molar-refractivity contribution < 1.29 is 14.6 Å². The molecule has 0 saturated carbocycles. The Hall–Kier alpha value is -0.160. The predicted octanol–water partition coefficient (Wildman–Crippen LogP) is -0.251. The zero-order valence-corrected chi connectivity index (χ0v) is 7.88. The van der Waals surface area contributed by atoms with Crippen LogP contribution >= 0.6 is 0 Å². The molecule has 0 atom stereocenters. The van der Waals surface area contributed by atoms with Crippen LogP contribution in [0.25, 0.3) is 0 Å². The van der Waals surface area contributed by atoms with Gasteiger partial charge in [-0.1, -0.05) is 0 Å². The summed E-state index contributed by atoms with van der Waals surface area (Å²) in [5, 5.41) is 8.95. The number of hydrogen-bond acceptors (Lipinski definition) is 4. The number of aliphatic hydroxyl groups is 1. The maximum absolute atomic E-state index is 8.95. The Labute approximate surface area is 73.7 Å². The van der Waals surface area contributed by atoms with Crippen LogP contribution in [0.3, 0.4) is 0 Å². The highest BCUT2D eigenvalue weighted by Gasteiger charge is 2.24. The molecule has 0 heterocycles. The van der Waals surface area contributed by atoms with Crippen molar-refractivity contribution >= 4 is 0 Å². The summed E-state index contributed by atoms with van der Waals surface area (Å²) >= 11 is 0. The van der Waals surface area contributed by atoms with Gasteiger partial charge in [0.15, 0.2) is 0 Å². The summed E-state index contributed by atoms with van der Waals surface area (Å²) in [4.78, 5) is 0. The van der Waals surface area contributed by atoms with Crippen molar-refractivity contribution in [1.29, 1.82) is 0 Å². The highest BCUT2D eigenvalue weighted by molar-refractivity contribution is 4.82. The molecule has 4 heteroatoms. The van der Waals surface area contributed by atoms with Crippen molar-refractivity contribution in [2.24, 2.45) is 5.73 Å². The molecule has 0 fully saturated rings. The van der Waals surface area contributed by atoms with E-state index >= 15 is 0 Å². The molecule has 4 nitrogen and oxygen atoms in total. The van der Waals surface area contributed by atoms with Gasteiger partial charge in [-0.05, 0) is 13.8 Å². The minimum absolute atomic E-state index is 0.118. The second kappa shape index (κ2) is 6.37. The molecule has 0 aliphatic rings. The average molecular weight is 177 g/mol. The van der Waals surface area contributed by atoms with Gasteiger partial charge in [-0.2, -0.15) is 0 Å². The van der Waals surface area contributed by atoms with Crippen LogP contribution in [-0.4, -0.2) is 43.7 Å². The van der Waals surface area contributed by atoms with Crippen LogP contribution in [-0.2, 0) is 9.47 Å². The fraction of sp³-hybridized carbons (Fsp3) is 1.00. The van der Waals surface area contributed by atoms with Gasteiger partial charge in [-0.15, -0.1) is 0 Å². The number of ether oxygens (including phenoxy) is 2. The molecule has 0 saturated heterocycles. The molecule has 0 aliphatic carbocycles.